The summed E-state index contributed by atoms with van der Waals surface area (Å²) in [6.45, 7) is 4.99. The van der Waals surface area contributed by atoms with Crippen LogP contribution in [0.5, 0.6) is 0 Å². The predicted octanol–water partition coefficient (Wildman–Crippen LogP) is 3.59. The van der Waals surface area contributed by atoms with Crippen molar-refractivity contribution in [3.63, 3.8) is 0 Å². The second-order valence-corrected chi connectivity index (χ2v) is 7.92. The average Bonchev–Trinajstić information content (AvgIpc) is 2.93. The van der Waals surface area contributed by atoms with E-state index in [9.17, 15) is 14.4 Å². The molecule has 1 aliphatic heterocycles. The number of ether oxygens (including phenoxy) is 1. The molecule has 0 saturated carbocycles. The molecule has 0 bridgehead atoms. The minimum absolute atomic E-state index is 0.0233. The van der Waals surface area contributed by atoms with E-state index in [2.05, 4.69) is 19.2 Å². The average molecular weight is 418 g/mol. The molecule has 31 heavy (non-hydrogen) atoms. The van der Waals surface area contributed by atoms with Crippen LogP contribution >= 0.6 is 0 Å². The first-order chi connectivity index (χ1) is 14.7. The number of para-hydroxylation sites is 1. The lowest BCUT2D eigenvalue weighted by molar-refractivity contribution is -0.143. The van der Waals surface area contributed by atoms with Crippen LogP contribution in [0.2, 0.25) is 0 Å². The minimum Gasteiger partial charge on any atom is -0.453 e. The zero-order valence-electron chi connectivity index (χ0n) is 18.1. The van der Waals surface area contributed by atoms with E-state index in [1.165, 1.54) is 19.1 Å². The lowest BCUT2D eigenvalue weighted by atomic mass is 9.83. The van der Waals surface area contributed by atoms with Gasteiger partial charge >= 0.3 is 5.97 Å². The Bertz CT molecular complexity index is 1070. The number of nitrogens with one attached hydrogen (secondary N) is 1. The van der Waals surface area contributed by atoms with Gasteiger partial charge in [0, 0.05) is 36.8 Å². The summed E-state index contributed by atoms with van der Waals surface area (Å²) in [5.74, 6) is -1.51. The number of esters is 1. The monoisotopic (exact) mass is 418 g/mol. The van der Waals surface area contributed by atoms with Gasteiger partial charge in [0.05, 0.1) is 0 Å². The molecule has 1 aliphatic rings. The van der Waals surface area contributed by atoms with Gasteiger partial charge in [-0.2, -0.15) is 0 Å². The molecule has 3 rings (SSSR count). The van der Waals surface area contributed by atoms with E-state index in [0.717, 1.165) is 22.5 Å². The summed E-state index contributed by atoms with van der Waals surface area (Å²) >= 11 is 0. The van der Waals surface area contributed by atoms with Gasteiger partial charge in [-0.3, -0.25) is 9.59 Å². The van der Waals surface area contributed by atoms with Crippen molar-refractivity contribution in [3.8, 4) is 0 Å². The fraction of sp³-hybridized carbons (Fsp3) is 0.240. The second-order valence-electron chi connectivity index (χ2n) is 7.92. The largest absolute Gasteiger partial charge is 0.453 e. The summed E-state index contributed by atoms with van der Waals surface area (Å²) in [5, 5.41) is 2.47. The molecule has 0 unspecified atom stereocenters. The number of likely N-dealkylation sites (N-methyl/N-ethyl adjacent to an activating group) is 1. The Morgan fingerprint density at radius 2 is 1.68 bits per heavy atom. The number of fused-ring (bicyclic) bond motifs is 1. The van der Waals surface area contributed by atoms with Gasteiger partial charge in [-0.25, -0.2) is 4.79 Å². The number of hydrogen-bond acceptors (Lipinski definition) is 5. The van der Waals surface area contributed by atoms with Crippen molar-refractivity contribution in [2.24, 2.45) is 0 Å². The summed E-state index contributed by atoms with van der Waals surface area (Å²) in [5.41, 5.74) is 3.36. The lowest BCUT2D eigenvalue weighted by Gasteiger charge is -2.23. The molecular formula is C25H26N2O4. The molecule has 0 fully saturated rings. The summed E-state index contributed by atoms with van der Waals surface area (Å²) in [6, 6.07) is 17.1. The molecule has 1 amide bonds. The van der Waals surface area contributed by atoms with Crippen molar-refractivity contribution in [2.45, 2.75) is 26.2 Å². The van der Waals surface area contributed by atoms with Crippen LogP contribution in [0.1, 0.15) is 31.9 Å². The van der Waals surface area contributed by atoms with Crippen LogP contribution in [-0.2, 0) is 24.5 Å². The maximum atomic E-state index is 12.6. The molecule has 1 heterocycles. The fourth-order valence-electron chi connectivity index (χ4n) is 3.72. The van der Waals surface area contributed by atoms with Crippen LogP contribution < -0.4 is 10.2 Å². The molecule has 1 N–H and O–H groups in total. The van der Waals surface area contributed by atoms with Gasteiger partial charge in [0.2, 0.25) is 5.91 Å². The number of carbonyl (C=O) groups excluding carboxylic acids is 3. The van der Waals surface area contributed by atoms with E-state index in [-0.39, 0.29) is 16.9 Å². The molecule has 6 nitrogen and oxygen atoms in total. The Labute approximate surface area is 182 Å². The fourth-order valence-corrected chi connectivity index (χ4v) is 3.72. The van der Waals surface area contributed by atoms with Crippen molar-refractivity contribution in [2.75, 3.05) is 18.6 Å². The number of rotatable bonds is 6. The van der Waals surface area contributed by atoms with Gasteiger partial charge in [-0.05, 0) is 23.3 Å². The summed E-state index contributed by atoms with van der Waals surface area (Å²) in [7, 11) is 1.91. The first kappa shape index (κ1) is 22.0. The molecular weight excluding hydrogens is 392 g/mol. The number of allylic oxidation sites excluding steroid dienone is 1. The SMILES string of the molecule is CC(=O)N/C(=C\c1ccccc1)C(=O)OCC(=O)/C=C1\N(C)c2ccccc2C1(C)C. The van der Waals surface area contributed by atoms with Gasteiger partial charge in [-0.1, -0.05) is 62.4 Å². The zero-order valence-corrected chi connectivity index (χ0v) is 18.1. The third-order valence-corrected chi connectivity index (χ3v) is 5.22. The lowest BCUT2D eigenvalue weighted by Crippen LogP contribution is -2.28. The van der Waals surface area contributed by atoms with E-state index in [1.54, 1.807) is 12.1 Å². The first-order valence-corrected chi connectivity index (χ1v) is 10.00. The second kappa shape index (κ2) is 9.00. The van der Waals surface area contributed by atoms with E-state index in [1.807, 2.05) is 54.4 Å². The van der Waals surface area contributed by atoms with Crippen LogP contribution in [0.15, 0.2) is 72.1 Å². The predicted molar refractivity (Wildman–Crippen MR) is 120 cm³/mol. The number of hydrogen-bond donors (Lipinski definition) is 1. The number of nitrogens with zero attached hydrogens (tertiary/aromatic N) is 1. The van der Waals surface area contributed by atoms with Crippen LogP contribution in [0.25, 0.3) is 6.08 Å². The molecule has 160 valence electrons. The van der Waals surface area contributed by atoms with Crippen molar-refractivity contribution >= 4 is 29.4 Å². The zero-order chi connectivity index (χ0) is 22.6. The van der Waals surface area contributed by atoms with E-state index in [0.29, 0.717) is 0 Å². The quantitative estimate of drug-likeness (QED) is 0.573. The Morgan fingerprint density at radius 3 is 2.32 bits per heavy atom. The van der Waals surface area contributed by atoms with E-state index >= 15 is 0 Å². The molecule has 0 aliphatic carbocycles. The van der Waals surface area contributed by atoms with Gasteiger partial charge < -0.3 is 15.0 Å². The third-order valence-electron chi connectivity index (χ3n) is 5.22. The maximum absolute atomic E-state index is 12.6. The van der Waals surface area contributed by atoms with Crippen molar-refractivity contribution in [1.82, 2.24) is 5.32 Å². The van der Waals surface area contributed by atoms with Gasteiger partial charge in [0.25, 0.3) is 0 Å². The highest BCUT2D eigenvalue weighted by molar-refractivity contribution is 6.00. The highest BCUT2D eigenvalue weighted by atomic mass is 16.5. The van der Waals surface area contributed by atoms with Crippen molar-refractivity contribution < 1.29 is 19.1 Å². The molecule has 6 heteroatoms. The highest BCUT2D eigenvalue weighted by Crippen LogP contribution is 2.46. The first-order valence-electron chi connectivity index (χ1n) is 10.00. The molecule has 0 radical (unpaired) electrons. The number of benzene rings is 2. The van der Waals surface area contributed by atoms with E-state index in [4.69, 9.17) is 4.74 Å². The summed E-state index contributed by atoms with van der Waals surface area (Å²) in [6.07, 6.45) is 3.03. The number of ketones is 1. The van der Waals surface area contributed by atoms with Crippen molar-refractivity contribution in [1.29, 1.82) is 0 Å². The van der Waals surface area contributed by atoms with Crippen LogP contribution in [0.4, 0.5) is 5.69 Å². The standard InChI is InChI=1S/C25H26N2O4/c1-17(28)26-21(14-18-10-6-5-7-11-18)24(30)31-16-19(29)15-23-25(2,3)20-12-8-9-13-22(20)27(23)4/h5-15H,16H2,1-4H3,(H,26,28)/b21-14-,23-15-. The Morgan fingerprint density at radius 1 is 1.03 bits per heavy atom. The molecule has 0 aromatic heterocycles. The number of amides is 1. The minimum atomic E-state index is -0.770. The Balaban J connectivity index is 1.73. The van der Waals surface area contributed by atoms with Crippen LogP contribution in [-0.4, -0.2) is 31.3 Å². The summed E-state index contributed by atoms with van der Waals surface area (Å²) in [4.78, 5) is 38.6. The van der Waals surface area contributed by atoms with Gasteiger partial charge in [0.15, 0.2) is 12.4 Å². The third kappa shape index (κ3) is 4.91. The molecule has 0 saturated heterocycles. The molecule has 0 spiro atoms. The highest BCUT2D eigenvalue weighted by Gasteiger charge is 2.38. The Hall–Kier alpha value is -3.67. The molecule has 2 aromatic rings. The maximum Gasteiger partial charge on any atom is 0.355 e. The van der Waals surface area contributed by atoms with Gasteiger partial charge in [-0.15, -0.1) is 0 Å². The Kier molecular flexibility index (Phi) is 6.39. The molecule has 2 aromatic carbocycles. The number of anilines is 1. The summed E-state index contributed by atoms with van der Waals surface area (Å²) < 4.78 is 5.20. The topological polar surface area (TPSA) is 75.7 Å². The van der Waals surface area contributed by atoms with Gasteiger partial charge in [0.1, 0.15) is 5.70 Å². The van der Waals surface area contributed by atoms with Crippen LogP contribution in [0, 0.1) is 0 Å². The van der Waals surface area contributed by atoms with Crippen LogP contribution in [0.3, 0.4) is 0 Å². The number of carbonyl (C=O) groups is 3. The van der Waals surface area contributed by atoms with Crippen molar-refractivity contribution in [3.05, 3.63) is 83.2 Å². The smallest absolute Gasteiger partial charge is 0.355 e. The normalized spacial score (nSPS) is 16.1. The molecule has 0 atom stereocenters. The van der Waals surface area contributed by atoms with E-state index < -0.39 is 18.5 Å².